The number of hydrogen-bond donors (Lipinski definition) is 1. The Morgan fingerprint density at radius 2 is 2.06 bits per heavy atom. The summed E-state index contributed by atoms with van der Waals surface area (Å²) in [6.07, 6.45) is 2.27. The maximum Gasteiger partial charge on any atom is 0.335 e. The number of carboxylic acids is 1. The van der Waals surface area contributed by atoms with Crippen molar-refractivity contribution >= 4 is 23.3 Å². The van der Waals surface area contributed by atoms with Crippen molar-refractivity contribution in [3.63, 3.8) is 0 Å². The zero-order valence-electron chi connectivity index (χ0n) is 9.82. The monoisotopic (exact) mass is 253 g/mol. The van der Waals surface area contributed by atoms with Crippen LogP contribution in [0, 0.1) is 5.92 Å². The molecule has 0 aromatic heterocycles. The van der Waals surface area contributed by atoms with Crippen LogP contribution in [0.1, 0.15) is 30.1 Å². The van der Waals surface area contributed by atoms with E-state index in [9.17, 15) is 4.79 Å². The van der Waals surface area contributed by atoms with Crippen molar-refractivity contribution in [3.05, 3.63) is 28.8 Å². The van der Waals surface area contributed by atoms with Crippen LogP contribution in [0.2, 0.25) is 5.02 Å². The lowest BCUT2D eigenvalue weighted by Gasteiger charge is -2.32. The Kier molecular flexibility index (Phi) is 3.57. The van der Waals surface area contributed by atoms with Crippen molar-refractivity contribution in [3.8, 4) is 0 Å². The largest absolute Gasteiger partial charge is 0.478 e. The number of carbonyl (C=O) groups is 1. The number of halogens is 1. The summed E-state index contributed by atoms with van der Waals surface area (Å²) in [6, 6.07) is 4.87. The minimum absolute atomic E-state index is 0.294. The second-order valence-corrected chi connectivity index (χ2v) is 5.05. The van der Waals surface area contributed by atoms with Crippen LogP contribution in [0.15, 0.2) is 18.2 Å². The van der Waals surface area contributed by atoms with Gasteiger partial charge in [-0.25, -0.2) is 4.79 Å². The Balaban J connectivity index is 2.25. The predicted molar refractivity (Wildman–Crippen MR) is 69.0 cm³/mol. The lowest BCUT2D eigenvalue weighted by atomic mass is 9.98. The zero-order valence-corrected chi connectivity index (χ0v) is 10.6. The zero-order chi connectivity index (χ0) is 12.4. The Morgan fingerprint density at radius 3 is 2.65 bits per heavy atom. The number of carboxylic acid groups (broad SMARTS) is 1. The van der Waals surface area contributed by atoms with E-state index in [4.69, 9.17) is 16.7 Å². The topological polar surface area (TPSA) is 40.5 Å². The van der Waals surface area contributed by atoms with E-state index < -0.39 is 5.97 Å². The number of hydrogen-bond acceptors (Lipinski definition) is 2. The molecule has 0 atom stereocenters. The summed E-state index contributed by atoms with van der Waals surface area (Å²) < 4.78 is 0. The quantitative estimate of drug-likeness (QED) is 0.879. The highest BCUT2D eigenvalue weighted by Crippen LogP contribution is 2.30. The van der Waals surface area contributed by atoms with Crippen molar-refractivity contribution in [1.82, 2.24) is 0 Å². The highest BCUT2D eigenvalue weighted by atomic mass is 35.5. The number of aromatic carboxylic acids is 1. The molecule has 3 nitrogen and oxygen atoms in total. The summed E-state index contributed by atoms with van der Waals surface area (Å²) in [6.45, 7) is 4.14. The van der Waals surface area contributed by atoms with Crippen LogP contribution in [-0.2, 0) is 0 Å². The number of benzene rings is 1. The summed E-state index contributed by atoms with van der Waals surface area (Å²) >= 11 is 6.14. The summed E-state index contributed by atoms with van der Waals surface area (Å²) in [5.74, 6) is -0.166. The number of anilines is 1. The first-order valence-corrected chi connectivity index (χ1v) is 6.23. The third-order valence-corrected chi connectivity index (χ3v) is 3.64. The molecule has 1 aromatic carbocycles. The van der Waals surface area contributed by atoms with E-state index in [1.54, 1.807) is 18.2 Å². The molecule has 2 rings (SSSR count). The number of rotatable bonds is 2. The van der Waals surface area contributed by atoms with E-state index >= 15 is 0 Å². The first-order chi connectivity index (χ1) is 8.08. The number of piperidine rings is 1. The molecule has 1 heterocycles. The fourth-order valence-corrected chi connectivity index (χ4v) is 2.37. The van der Waals surface area contributed by atoms with Gasteiger partial charge < -0.3 is 10.0 Å². The third kappa shape index (κ3) is 2.72. The van der Waals surface area contributed by atoms with E-state index in [1.165, 1.54) is 0 Å². The van der Waals surface area contributed by atoms with E-state index in [0.717, 1.165) is 37.5 Å². The van der Waals surface area contributed by atoms with Gasteiger partial charge in [0.2, 0.25) is 0 Å². The fraction of sp³-hybridized carbons (Fsp3) is 0.462. The summed E-state index contributed by atoms with van der Waals surface area (Å²) in [4.78, 5) is 13.1. The summed E-state index contributed by atoms with van der Waals surface area (Å²) in [5.41, 5.74) is 1.14. The van der Waals surface area contributed by atoms with Crippen molar-refractivity contribution < 1.29 is 9.90 Å². The van der Waals surface area contributed by atoms with Gasteiger partial charge in [0.1, 0.15) is 0 Å². The predicted octanol–water partition coefficient (Wildman–Crippen LogP) is 3.27. The first kappa shape index (κ1) is 12.2. The minimum atomic E-state index is -0.909. The molecule has 0 radical (unpaired) electrons. The van der Waals surface area contributed by atoms with Gasteiger partial charge in [0.05, 0.1) is 16.3 Å². The summed E-state index contributed by atoms with van der Waals surface area (Å²) in [7, 11) is 0. The summed E-state index contributed by atoms with van der Waals surface area (Å²) in [5, 5.41) is 9.61. The van der Waals surface area contributed by atoms with Crippen LogP contribution in [0.4, 0.5) is 5.69 Å². The second-order valence-electron chi connectivity index (χ2n) is 4.64. The van der Waals surface area contributed by atoms with E-state index in [1.807, 2.05) is 0 Å². The number of nitrogens with zero attached hydrogens (tertiary/aromatic N) is 1. The van der Waals surface area contributed by atoms with Gasteiger partial charge in [-0.3, -0.25) is 0 Å². The van der Waals surface area contributed by atoms with Crippen molar-refractivity contribution in [1.29, 1.82) is 0 Å². The van der Waals surface area contributed by atoms with Gasteiger partial charge in [-0.05, 0) is 37.0 Å². The Morgan fingerprint density at radius 1 is 1.41 bits per heavy atom. The molecule has 0 saturated carbocycles. The molecule has 1 fully saturated rings. The molecule has 0 unspecified atom stereocenters. The minimum Gasteiger partial charge on any atom is -0.478 e. The standard InChI is InChI=1S/C13H16ClNO2/c1-9-4-6-15(7-5-9)12-8-10(13(16)17)2-3-11(12)14/h2-3,8-9H,4-7H2,1H3,(H,16,17). The second kappa shape index (κ2) is 4.96. The Bertz CT molecular complexity index is 425. The van der Waals surface area contributed by atoms with Crippen LogP contribution < -0.4 is 4.90 Å². The molecule has 92 valence electrons. The SMILES string of the molecule is CC1CCN(c2cc(C(=O)O)ccc2Cl)CC1. The molecule has 0 amide bonds. The average Bonchev–Trinajstić information content (AvgIpc) is 2.31. The molecule has 1 aliphatic rings. The maximum absolute atomic E-state index is 10.9. The molecule has 1 N–H and O–H groups in total. The molecule has 4 heteroatoms. The lowest BCUT2D eigenvalue weighted by Crippen LogP contribution is -2.33. The van der Waals surface area contributed by atoms with Gasteiger partial charge in [0.25, 0.3) is 0 Å². The van der Waals surface area contributed by atoms with Crippen LogP contribution >= 0.6 is 11.6 Å². The smallest absolute Gasteiger partial charge is 0.335 e. The van der Waals surface area contributed by atoms with Crippen LogP contribution in [0.5, 0.6) is 0 Å². The van der Waals surface area contributed by atoms with Gasteiger partial charge in [-0.2, -0.15) is 0 Å². The highest BCUT2D eigenvalue weighted by Gasteiger charge is 2.19. The van der Waals surface area contributed by atoms with Crippen LogP contribution in [0.25, 0.3) is 0 Å². The van der Waals surface area contributed by atoms with Gasteiger partial charge in [-0.15, -0.1) is 0 Å². The van der Waals surface area contributed by atoms with Gasteiger partial charge in [0.15, 0.2) is 0 Å². The first-order valence-electron chi connectivity index (χ1n) is 5.85. The molecule has 1 saturated heterocycles. The van der Waals surface area contributed by atoms with Crippen molar-refractivity contribution in [2.75, 3.05) is 18.0 Å². The van der Waals surface area contributed by atoms with Gasteiger partial charge in [0, 0.05) is 13.1 Å². The Labute approximate surface area is 106 Å². The van der Waals surface area contributed by atoms with E-state index in [-0.39, 0.29) is 0 Å². The molecule has 1 aromatic rings. The molecule has 0 spiro atoms. The van der Waals surface area contributed by atoms with Crippen LogP contribution in [-0.4, -0.2) is 24.2 Å². The third-order valence-electron chi connectivity index (χ3n) is 3.32. The molecule has 0 bridgehead atoms. The molecular formula is C13H16ClNO2. The fourth-order valence-electron chi connectivity index (χ4n) is 2.14. The van der Waals surface area contributed by atoms with Gasteiger partial charge >= 0.3 is 5.97 Å². The lowest BCUT2D eigenvalue weighted by molar-refractivity contribution is 0.0697. The van der Waals surface area contributed by atoms with E-state index in [0.29, 0.717) is 10.6 Å². The Hall–Kier alpha value is -1.22. The average molecular weight is 254 g/mol. The van der Waals surface area contributed by atoms with Crippen molar-refractivity contribution in [2.24, 2.45) is 5.92 Å². The highest BCUT2D eigenvalue weighted by molar-refractivity contribution is 6.33. The molecule has 17 heavy (non-hydrogen) atoms. The van der Waals surface area contributed by atoms with E-state index in [2.05, 4.69) is 11.8 Å². The van der Waals surface area contributed by atoms with Crippen LogP contribution in [0.3, 0.4) is 0 Å². The van der Waals surface area contributed by atoms with Crippen molar-refractivity contribution in [2.45, 2.75) is 19.8 Å². The maximum atomic E-state index is 10.9. The molecule has 0 aliphatic carbocycles. The van der Waals surface area contributed by atoms with Gasteiger partial charge in [-0.1, -0.05) is 18.5 Å². The normalized spacial score (nSPS) is 17.2. The molecule has 1 aliphatic heterocycles. The molecular weight excluding hydrogens is 238 g/mol.